The maximum absolute atomic E-state index is 11.7. The first-order chi connectivity index (χ1) is 14.2. The molecule has 0 aliphatic carbocycles. The number of nitrogens with zero attached hydrogens (tertiary/aromatic N) is 3. The predicted molar refractivity (Wildman–Crippen MR) is 112 cm³/mol. The van der Waals surface area contributed by atoms with E-state index in [-0.39, 0.29) is 5.69 Å². The van der Waals surface area contributed by atoms with E-state index in [9.17, 15) is 14.9 Å². The lowest BCUT2D eigenvalue weighted by molar-refractivity contribution is -0.384. The number of carbonyl (C=O) groups is 1. The Hall–Kier alpha value is -4.00. The van der Waals surface area contributed by atoms with E-state index in [1.165, 1.54) is 12.1 Å². The van der Waals surface area contributed by atoms with E-state index in [1.54, 1.807) is 23.2 Å². The van der Waals surface area contributed by atoms with E-state index in [0.717, 1.165) is 34.3 Å². The third kappa shape index (κ3) is 3.70. The van der Waals surface area contributed by atoms with E-state index in [1.807, 2.05) is 42.5 Å². The van der Waals surface area contributed by atoms with Crippen molar-refractivity contribution in [2.45, 2.75) is 6.42 Å². The minimum atomic E-state index is -0.458. The fraction of sp³-hybridized carbons (Fsp3) is 0.0909. The van der Waals surface area contributed by atoms with Crippen LogP contribution >= 0.6 is 0 Å². The number of aromatic nitrogens is 2. The largest absolute Gasteiger partial charge is 0.353 e. The number of H-pyrrole nitrogens is 1. The van der Waals surface area contributed by atoms with Gasteiger partial charge in [0.25, 0.3) is 5.69 Å². The number of amides is 1. The Morgan fingerprint density at radius 1 is 1.03 bits per heavy atom. The first-order valence-corrected chi connectivity index (χ1v) is 9.15. The molecule has 7 nitrogen and oxygen atoms in total. The number of nitro benzene ring substituents is 1. The Morgan fingerprint density at radius 3 is 2.48 bits per heavy atom. The van der Waals surface area contributed by atoms with Gasteiger partial charge in [0.15, 0.2) is 0 Å². The molecule has 0 aliphatic rings. The van der Waals surface area contributed by atoms with E-state index < -0.39 is 4.92 Å². The number of pyridine rings is 1. The van der Waals surface area contributed by atoms with Gasteiger partial charge in [-0.25, -0.2) is 0 Å². The molecule has 7 heteroatoms. The van der Waals surface area contributed by atoms with Gasteiger partial charge in [-0.3, -0.25) is 19.9 Å². The highest BCUT2D eigenvalue weighted by molar-refractivity contribution is 5.90. The van der Waals surface area contributed by atoms with Gasteiger partial charge >= 0.3 is 0 Å². The van der Waals surface area contributed by atoms with Crippen molar-refractivity contribution in [3.8, 4) is 11.4 Å². The van der Waals surface area contributed by atoms with Crippen LogP contribution in [0.1, 0.15) is 5.56 Å². The molecule has 0 bridgehead atoms. The summed E-state index contributed by atoms with van der Waals surface area (Å²) in [7, 11) is 0. The summed E-state index contributed by atoms with van der Waals surface area (Å²) in [5.41, 5.74) is 4.47. The molecule has 1 amide bonds. The standard InChI is InChI=1S/C22H18N4O3/c27-15-25(16-8-10-17(11-9-16)26(28)29)14-12-19-18-5-1-2-6-20(18)24-22(19)21-7-3-4-13-23-21/h1-11,13,15,24H,12,14H2. The van der Waals surface area contributed by atoms with Gasteiger partial charge in [0.05, 0.1) is 16.3 Å². The molecule has 2 heterocycles. The highest BCUT2D eigenvalue weighted by atomic mass is 16.6. The number of para-hydroxylation sites is 1. The molecule has 0 saturated heterocycles. The van der Waals surface area contributed by atoms with Gasteiger partial charge in [0.2, 0.25) is 6.41 Å². The smallest absolute Gasteiger partial charge is 0.269 e. The minimum Gasteiger partial charge on any atom is -0.353 e. The van der Waals surface area contributed by atoms with Gasteiger partial charge in [-0.15, -0.1) is 0 Å². The summed E-state index contributed by atoms with van der Waals surface area (Å²) < 4.78 is 0. The normalized spacial score (nSPS) is 10.8. The second kappa shape index (κ2) is 7.93. The lowest BCUT2D eigenvalue weighted by atomic mass is 10.0. The Labute approximate surface area is 166 Å². The number of nitrogens with one attached hydrogen (secondary N) is 1. The summed E-state index contributed by atoms with van der Waals surface area (Å²) in [6.07, 6.45) is 3.10. The van der Waals surface area contributed by atoms with E-state index >= 15 is 0 Å². The van der Waals surface area contributed by atoms with Crippen LogP contribution in [0.4, 0.5) is 11.4 Å². The van der Waals surface area contributed by atoms with Crippen LogP contribution in [-0.2, 0) is 11.2 Å². The van der Waals surface area contributed by atoms with Crippen LogP contribution in [0, 0.1) is 10.1 Å². The van der Waals surface area contributed by atoms with Crippen molar-refractivity contribution in [2.75, 3.05) is 11.4 Å². The van der Waals surface area contributed by atoms with Crippen LogP contribution in [0.15, 0.2) is 72.9 Å². The number of benzene rings is 2. The van der Waals surface area contributed by atoms with E-state index in [4.69, 9.17) is 0 Å². The number of fused-ring (bicyclic) bond motifs is 1. The second-order valence-corrected chi connectivity index (χ2v) is 6.56. The molecule has 0 atom stereocenters. The lowest BCUT2D eigenvalue weighted by Gasteiger charge is -2.17. The molecule has 1 N–H and O–H groups in total. The maximum Gasteiger partial charge on any atom is 0.269 e. The fourth-order valence-electron chi connectivity index (χ4n) is 3.43. The summed E-state index contributed by atoms with van der Waals surface area (Å²) in [5, 5.41) is 11.9. The Morgan fingerprint density at radius 2 is 1.79 bits per heavy atom. The van der Waals surface area contributed by atoms with Crippen molar-refractivity contribution < 1.29 is 9.72 Å². The number of hydrogen-bond donors (Lipinski definition) is 1. The van der Waals surface area contributed by atoms with Crippen LogP contribution in [0.5, 0.6) is 0 Å². The molecule has 144 valence electrons. The van der Waals surface area contributed by atoms with E-state index in [2.05, 4.69) is 9.97 Å². The number of aromatic amines is 1. The zero-order valence-corrected chi connectivity index (χ0v) is 15.5. The molecule has 0 fully saturated rings. The lowest BCUT2D eigenvalue weighted by Crippen LogP contribution is -2.23. The molecular weight excluding hydrogens is 368 g/mol. The highest BCUT2D eigenvalue weighted by Gasteiger charge is 2.16. The van der Waals surface area contributed by atoms with Crippen molar-refractivity contribution in [1.82, 2.24) is 9.97 Å². The Balaban J connectivity index is 1.64. The van der Waals surface area contributed by atoms with Crippen molar-refractivity contribution in [3.63, 3.8) is 0 Å². The molecule has 2 aromatic heterocycles. The minimum absolute atomic E-state index is 0.00586. The number of non-ortho nitro benzene ring substituents is 1. The number of nitro groups is 1. The van der Waals surface area contributed by atoms with Crippen LogP contribution in [0.3, 0.4) is 0 Å². The zero-order chi connectivity index (χ0) is 20.2. The molecule has 0 spiro atoms. The summed E-state index contributed by atoms with van der Waals surface area (Å²) in [4.78, 5) is 31.5. The van der Waals surface area contributed by atoms with Crippen molar-refractivity contribution in [1.29, 1.82) is 0 Å². The first kappa shape index (κ1) is 18.4. The number of hydrogen-bond acceptors (Lipinski definition) is 4. The zero-order valence-electron chi connectivity index (χ0n) is 15.5. The van der Waals surface area contributed by atoms with Gasteiger partial charge in [0, 0.05) is 41.5 Å². The van der Waals surface area contributed by atoms with Crippen LogP contribution in [-0.4, -0.2) is 27.8 Å². The van der Waals surface area contributed by atoms with Gasteiger partial charge < -0.3 is 9.88 Å². The predicted octanol–water partition coefficient (Wildman–Crippen LogP) is 4.34. The molecule has 0 aliphatic heterocycles. The third-order valence-electron chi connectivity index (χ3n) is 4.86. The highest BCUT2D eigenvalue weighted by Crippen LogP contribution is 2.30. The van der Waals surface area contributed by atoms with Gasteiger partial charge in [-0.1, -0.05) is 24.3 Å². The van der Waals surface area contributed by atoms with Crippen molar-refractivity contribution in [3.05, 3.63) is 88.6 Å². The second-order valence-electron chi connectivity index (χ2n) is 6.56. The Kier molecular flexibility index (Phi) is 5.03. The maximum atomic E-state index is 11.7. The summed E-state index contributed by atoms with van der Waals surface area (Å²) in [5.74, 6) is 0. The van der Waals surface area contributed by atoms with Gasteiger partial charge in [-0.05, 0) is 42.3 Å². The summed E-state index contributed by atoms with van der Waals surface area (Å²) in [6.45, 7) is 0.434. The molecule has 2 aromatic carbocycles. The first-order valence-electron chi connectivity index (χ1n) is 9.15. The average Bonchev–Trinajstić information content (AvgIpc) is 3.14. The molecule has 29 heavy (non-hydrogen) atoms. The average molecular weight is 386 g/mol. The van der Waals surface area contributed by atoms with Crippen LogP contribution in [0.25, 0.3) is 22.3 Å². The van der Waals surface area contributed by atoms with Crippen LogP contribution in [0.2, 0.25) is 0 Å². The molecule has 0 radical (unpaired) electrons. The topological polar surface area (TPSA) is 92.1 Å². The summed E-state index contributed by atoms with van der Waals surface area (Å²) in [6, 6.07) is 19.7. The number of carbonyl (C=O) groups excluding carboxylic acids is 1. The molecular formula is C22H18N4O3. The molecule has 4 aromatic rings. The number of rotatable bonds is 7. The molecule has 4 rings (SSSR count). The monoisotopic (exact) mass is 386 g/mol. The van der Waals surface area contributed by atoms with Crippen LogP contribution < -0.4 is 4.90 Å². The number of anilines is 1. The third-order valence-corrected chi connectivity index (χ3v) is 4.86. The molecule has 0 saturated carbocycles. The Bertz CT molecular complexity index is 1150. The van der Waals surface area contributed by atoms with Gasteiger partial charge in [-0.2, -0.15) is 0 Å². The van der Waals surface area contributed by atoms with E-state index in [0.29, 0.717) is 18.7 Å². The quantitative estimate of drug-likeness (QED) is 0.290. The van der Waals surface area contributed by atoms with Crippen molar-refractivity contribution >= 4 is 28.7 Å². The SMILES string of the molecule is O=CN(CCc1c(-c2ccccn2)[nH]c2ccccc12)c1ccc([N+](=O)[O-])cc1. The van der Waals surface area contributed by atoms with Gasteiger partial charge in [0.1, 0.15) is 0 Å². The summed E-state index contributed by atoms with van der Waals surface area (Å²) >= 11 is 0. The van der Waals surface area contributed by atoms with Crippen molar-refractivity contribution in [2.24, 2.45) is 0 Å². The molecule has 0 unspecified atom stereocenters. The fourth-order valence-corrected chi connectivity index (χ4v) is 3.43.